The molecule has 1 aliphatic heterocycles. The summed E-state index contributed by atoms with van der Waals surface area (Å²) in [6.45, 7) is 2.76. The van der Waals surface area contributed by atoms with Crippen molar-refractivity contribution >= 4 is 27.6 Å². The van der Waals surface area contributed by atoms with Crippen molar-refractivity contribution in [2.75, 3.05) is 39.8 Å². The maximum absolute atomic E-state index is 12.7. The van der Waals surface area contributed by atoms with E-state index in [1.165, 1.54) is 6.26 Å². The summed E-state index contributed by atoms with van der Waals surface area (Å²) >= 11 is 3.42. The molecule has 0 aliphatic carbocycles. The number of benzene rings is 1. The van der Waals surface area contributed by atoms with E-state index < -0.39 is 0 Å². The number of halogens is 1. The molecule has 0 atom stereocenters. The normalized spacial score (nSPS) is 15.2. The zero-order valence-corrected chi connectivity index (χ0v) is 15.5. The van der Waals surface area contributed by atoms with Crippen LogP contribution in [0.4, 0.5) is 0 Å². The fraction of sp³-hybridized carbons (Fsp3) is 0.333. The van der Waals surface area contributed by atoms with Crippen LogP contribution in [0.15, 0.2) is 45.5 Å². The zero-order chi connectivity index (χ0) is 17.8. The van der Waals surface area contributed by atoms with Gasteiger partial charge in [0.25, 0.3) is 5.91 Å². The Balaban J connectivity index is 1.58. The Morgan fingerprint density at radius 1 is 1.20 bits per heavy atom. The third-order valence-electron chi connectivity index (χ3n) is 4.23. The average Bonchev–Trinajstić information content (AvgIpc) is 3.17. The predicted octanol–water partition coefficient (Wildman–Crippen LogP) is 2.69. The number of ketones is 1. The second-order valence-electron chi connectivity index (χ2n) is 5.81. The molecule has 7 heteroatoms. The number of hydrogen-bond acceptors (Lipinski definition) is 5. The number of methoxy groups -OCH3 is 1. The van der Waals surface area contributed by atoms with E-state index in [2.05, 4.69) is 15.9 Å². The second-order valence-corrected chi connectivity index (χ2v) is 6.67. The van der Waals surface area contributed by atoms with Gasteiger partial charge in [-0.05, 0) is 46.3 Å². The predicted molar refractivity (Wildman–Crippen MR) is 96.1 cm³/mol. The maximum atomic E-state index is 12.7. The van der Waals surface area contributed by atoms with Crippen molar-refractivity contribution in [3.05, 3.63) is 52.4 Å². The Morgan fingerprint density at radius 3 is 2.60 bits per heavy atom. The summed E-state index contributed by atoms with van der Waals surface area (Å²) in [4.78, 5) is 28.7. The van der Waals surface area contributed by atoms with Crippen LogP contribution < -0.4 is 4.74 Å². The molecule has 1 aliphatic rings. The minimum absolute atomic E-state index is 0.0391. The number of carbonyl (C=O) groups excluding carboxylic acids is 2. The maximum Gasteiger partial charge on any atom is 0.255 e. The van der Waals surface area contributed by atoms with Gasteiger partial charge >= 0.3 is 0 Å². The molecule has 3 rings (SSSR count). The van der Waals surface area contributed by atoms with E-state index in [0.29, 0.717) is 49.8 Å². The second kappa shape index (κ2) is 7.84. The first-order valence-corrected chi connectivity index (χ1v) is 8.79. The molecule has 1 aromatic heterocycles. The van der Waals surface area contributed by atoms with E-state index >= 15 is 0 Å². The summed E-state index contributed by atoms with van der Waals surface area (Å²) in [5.41, 5.74) is 0.583. The van der Waals surface area contributed by atoms with Crippen LogP contribution in [0.5, 0.6) is 5.75 Å². The Labute approximate surface area is 154 Å². The first-order valence-electron chi connectivity index (χ1n) is 8.00. The van der Waals surface area contributed by atoms with E-state index in [-0.39, 0.29) is 11.7 Å². The van der Waals surface area contributed by atoms with Crippen LogP contribution in [0.25, 0.3) is 0 Å². The van der Waals surface area contributed by atoms with Crippen LogP contribution in [0, 0.1) is 0 Å². The summed E-state index contributed by atoms with van der Waals surface area (Å²) in [6.07, 6.45) is 1.50. The minimum Gasteiger partial charge on any atom is -0.497 e. The number of piperazine rings is 1. The minimum atomic E-state index is -0.0414. The first kappa shape index (κ1) is 17.7. The van der Waals surface area contributed by atoms with Crippen LogP contribution in [0.2, 0.25) is 0 Å². The molecule has 0 spiro atoms. The molecule has 0 radical (unpaired) electrons. The number of ether oxygens (including phenoxy) is 1. The molecule has 0 unspecified atom stereocenters. The van der Waals surface area contributed by atoms with Crippen molar-refractivity contribution < 1.29 is 18.7 Å². The molecule has 0 bridgehead atoms. The highest BCUT2D eigenvalue weighted by molar-refractivity contribution is 9.10. The quantitative estimate of drug-likeness (QED) is 0.714. The Morgan fingerprint density at radius 2 is 1.96 bits per heavy atom. The van der Waals surface area contributed by atoms with Gasteiger partial charge in [0, 0.05) is 30.7 Å². The van der Waals surface area contributed by atoms with Gasteiger partial charge in [-0.3, -0.25) is 14.5 Å². The van der Waals surface area contributed by atoms with Gasteiger partial charge < -0.3 is 14.1 Å². The summed E-state index contributed by atoms with van der Waals surface area (Å²) in [5, 5.41) is 0. The van der Waals surface area contributed by atoms with Crippen molar-refractivity contribution in [1.29, 1.82) is 0 Å². The highest BCUT2D eigenvalue weighted by Gasteiger charge is 2.25. The van der Waals surface area contributed by atoms with Gasteiger partial charge in [0.1, 0.15) is 5.75 Å². The molecule has 0 N–H and O–H groups in total. The lowest BCUT2D eigenvalue weighted by molar-refractivity contribution is 0.0619. The third-order valence-corrected chi connectivity index (χ3v) is 4.92. The number of furan rings is 1. The smallest absolute Gasteiger partial charge is 0.255 e. The number of Topliss-reactive ketones (excluding diaryl/α,β-unsaturated/α-hetero) is 1. The fourth-order valence-electron chi connectivity index (χ4n) is 2.79. The van der Waals surface area contributed by atoms with Crippen molar-refractivity contribution in [2.45, 2.75) is 0 Å². The molecular formula is C18H19BrN2O4. The lowest BCUT2D eigenvalue weighted by Crippen LogP contribution is -2.49. The monoisotopic (exact) mass is 406 g/mol. The number of nitrogens with zero attached hydrogens (tertiary/aromatic N) is 2. The molecule has 0 saturated carbocycles. The summed E-state index contributed by atoms with van der Waals surface area (Å²) in [5.74, 6) is 0.941. The van der Waals surface area contributed by atoms with Gasteiger partial charge in [-0.2, -0.15) is 0 Å². The number of carbonyl (C=O) groups is 2. The lowest BCUT2D eigenvalue weighted by atomic mass is 10.1. The highest BCUT2D eigenvalue weighted by atomic mass is 79.9. The van der Waals surface area contributed by atoms with Crippen molar-refractivity contribution in [2.24, 2.45) is 0 Å². The van der Waals surface area contributed by atoms with Gasteiger partial charge in [-0.25, -0.2) is 0 Å². The Hall–Kier alpha value is -2.12. The molecule has 1 amide bonds. The topological polar surface area (TPSA) is 63.0 Å². The molecule has 2 heterocycles. The van der Waals surface area contributed by atoms with Gasteiger partial charge in [0.15, 0.2) is 5.76 Å². The van der Waals surface area contributed by atoms with E-state index in [1.54, 1.807) is 36.3 Å². The molecule has 2 aromatic rings. The van der Waals surface area contributed by atoms with Crippen LogP contribution in [0.1, 0.15) is 20.9 Å². The van der Waals surface area contributed by atoms with E-state index in [9.17, 15) is 9.59 Å². The molecule has 1 aromatic carbocycles. The van der Waals surface area contributed by atoms with E-state index in [1.807, 2.05) is 11.0 Å². The van der Waals surface area contributed by atoms with E-state index in [4.69, 9.17) is 9.15 Å². The Bertz CT molecular complexity index is 752. The van der Waals surface area contributed by atoms with Crippen LogP contribution in [0.3, 0.4) is 0 Å². The van der Waals surface area contributed by atoms with Crippen molar-refractivity contribution in [3.8, 4) is 5.75 Å². The van der Waals surface area contributed by atoms with Crippen LogP contribution in [-0.2, 0) is 0 Å². The molecular weight excluding hydrogens is 388 g/mol. The molecule has 132 valence electrons. The lowest BCUT2D eigenvalue weighted by Gasteiger charge is -2.34. The molecule has 6 nitrogen and oxygen atoms in total. The first-order chi connectivity index (χ1) is 12.1. The van der Waals surface area contributed by atoms with Crippen molar-refractivity contribution in [1.82, 2.24) is 9.80 Å². The number of rotatable bonds is 5. The molecule has 1 fully saturated rings. The standard InChI is InChI=1S/C18H19BrN2O4/c1-24-13-4-5-15(19)14(11-13)18(23)21-8-6-20(7-9-21)12-16(22)17-3-2-10-25-17/h2-5,10-11H,6-9,12H2,1H3. The number of amides is 1. The fourth-order valence-corrected chi connectivity index (χ4v) is 3.21. The van der Waals surface area contributed by atoms with Crippen LogP contribution >= 0.6 is 15.9 Å². The highest BCUT2D eigenvalue weighted by Crippen LogP contribution is 2.24. The summed E-state index contributed by atoms with van der Waals surface area (Å²) < 4.78 is 11.1. The average molecular weight is 407 g/mol. The van der Waals surface area contributed by atoms with Gasteiger partial charge in [-0.1, -0.05) is 0 Å². The Kier molecular flexibility index (Phi) is 5.55. The van der Waals surface area contributed by atoms with Crippen molar-refractivity contribution in [3.63, 3.8) is 0 Å². The molecule has 1 saturated heterocycles. The summed E-state index contributed by atoms with van der Waals surface area (Å²) in [6, 6.07) is 8.72. The van der Waals surface area contributed by atoms with Gasteiger partial charge in [0.05, 0.1) is 25.5 Å². The number of hydrogen-bond donors (Lipinski definition) is 0. The molecule has 25 heavy (non-hydrogen) atoms. The van der Waals surface area contributed by atoms with Crippen LogP contribution in [-0.4, -0.2) is 61.3 Å². The zero-order valence-electron chi connectivity index (χ0n) is 13.9. The summed E-state index contributed by atoms with van der Waals surface area (Å²) in [7, 11) is 1.58. The van der Waals surface area contributed by atoms with Gasteiger partial charge in [-0.15, -0.1) is 0 Å². The third kappa shape index (κ3) is 4.11. The largest absolute Gasteiger partial charge is 0.497 e. The van der Waals surface area contributed by atoms with Gasteiger partial charge in [0.2, 0.25) is 5.78 Å². The van der Waals surface area contributed by atoms with E-state index in [0.717, 1.165) is 4.47 Å². The SMILES string of the molecule is COc1ccc(Br)c(C(=O)N2CCN(CC(=O)c3ccco3)CC2)c1.